The fourth-order valence-corrected chi connectivity index (χ4v) is 1.57. The zero-order chi connectivity index (χ0) is 10.1. The van der Waals surface area contributed by atoms with Gasteiger partial charge in [0.25, 0.3) is 0 Å². The third kappa shape index (κ3) is 2.34. The number of nitrogens with one attached hydrogen (secondary N) is 2. The number of amides is 3. The van der Waals surface area contributed by atoms with Gasteiger partial charge in [0, 0.05) is 6.42 Å². The molecule has 74 valence electrons. The summed E-state index contributed by atoms with van der Waals surface area (Å²) in [7, 11) is 0. The van der Waals surface area contributed by atoms with Gasteiger partial charge in [-0.25, -0.2) is 4.79 Å². The van der Waals surface area contributed by atoms with Crippen LogP contribution in [0.2, 0.25) is 0 Å². The molecule has 1 aliphatic rings. The Morgan fingerprint density at radius 2 is 2.31 bits per heavy atom. The minimum absolute atomic E-state index is 0.0209. The van der Waals surface area contributed by atoms with Crippen molar-refractivity contribution in [3.8, 4) is 0 Å². The Labute approximate surface area is 77.1 Å². The van der Waals surface area contributed by atoms with E-state index in [1.165, 1.54) is 0 Å². The highest BCUT2D eigenvalue weighted by molar-refractivity contribution is 5.79. The number of carbonyl (C=O) groups is 2. The van der Waals surface area contributed by atoms with Gasteiger partial charge in [0.15, 0.2) is 0 Å². The average Bonchev–Trinajstić information content (AvgIpc) is 1.93. The molecule has 0 bridgehead atoms. The van der Waals surface area contributed by atoms with E-state index in [1.54, 1.807) is 0 Å². The summed E-state index contributed by atoms with van der Waals surface area (Å²) in [4.78, 5) is 21.7. The lowest BCUT2D eigenvalue weighted by Crippen LogP contribution is -2.62. The van der Waals surface area contributed by atoms with Crippen LogP contribution in [0.3, 0.4) is 0 Å². The molecule has 5 heteroatoms. The number of nitrogens with two attached hydrogens (primary N) is 1. The smallest absolute Gasteiger partial charge is 0.312 e. The summed E-state index contributed by atoms with van der Waals surface area (Å²) in [6, 6.07) is -0.628. The molecular formula is C8H15N3O2. The Morgan fingerprint density at radius 3 is 2.77 bits per heavy atom. The van der Waals surface area contributed by atoms with E-state index in [1.807, 2.05) is 13.8 Å². The van der Waals surface area contributed by atoms with Crippen molar-refractivity contribution in [1.29, 1.82) is 0 Å². The van der Waals surface area contributed by atoms with Gasteiger partial charge in [-0.1, -0.05) is 0 Å². The summed E-state index contributed by atoms with van der Waals surface area (Å²) in [6.07, 6.45) is 1.08. The Balaban J connectivity index is 2.64. The molecule has 13 heavy (non-hydrogen) atoms. The molecule has 0 aromatic carbocycles. The van der Waals surface area contributed by atoms with Gasteiger partial charge in [-0.05, 0) is 20.3 Å². The topological polar surface area (TPSA) is 84.2 Å². The SMILES string of the molecule is CC1(C)NC(=O)CCC1NC(N)=O. The van der Waals surface area contributed by atoms with Crippen molar-refractivity contribution in [3.63, 3.8) is 0 Å². The Hall–Kier alpha value is -1.26. The molecule has 1 heterocycles. The largest absolute Gasteiger partial charge is 0.352 e. The second-order valence-corrected chi connectivity index (χ2v) is 3.87. The molecule has 1 atom stereocenters. The lowest BCUT2D eigenvalue weighted by molar-refractivity contribution is -0.125. The van der Waals surface area contributed by atoms with E-state index in [0.29, 0.717) is 12.8 Å². The van der Waals surface area contributed by atoms with Crippen LogP contribution in [0.25, 0.3) is 0 Å². The van der Waals surface area contributed by atoms with Crippen molar-refractivity contribution < 1.29 is 9.59 Å². The average molecular weight is 185 g/mol. The van der Waals surface area contributed by atoms with Gasteiger partial charge in [0.1, 0.15) is 0 Å². The summed E-state index contributed by atoms with van der Waals surface area (Å²) in [5, 5.41) is 5.42. The first-order chi connectivity index (χ1) is 5.92. The molecule has 0 spiro atoms. The van der Waals surface area contributed by atoms with E-state index in [0.717, 1.165) is 0 Å². The first kappa shape index (κ1) is 9.83. The van der Waals surface area contributed by atoms with Crippen molar-refractivity contribution >= 4 is 11.9 Å². The Kier molecular flexibility index (Phi) is 2.45. The molecule has 3 amide bonds. The highest BCUT2D eigenvalue weighted by Gasteiger charge is 2.35. The molecule has 0 saturated carbocycles. The molecular weight excluding hydrogens is 170 g/mol. The van der Waals surface area contributed by atoms with Crippen LogP contribution in [-0.2, 0) is 4.79 Å². The van der Waals surface area contributed by atoms with Crippen molar-refractivity contribution in [2.24, 2.45) is 5.73 Å². The number of urea groups is 1. The van der Waals surface area contributed by atoms with Gasteiger partial charge in [0.2, 0.25) is 5.91 Å². The van der Waals surface area contributed by atoms with Crippen LogP contribution in [0.1, 0.15) is 26.7 Å². The van der Waals surface area contributed by atoms with Crippen molar-refractivity contribution in [2.45, 2.75) is 38.3 Å². The number of hydrogen-bond donors (Lipinski definition) is 3. The van der Waals surface area contributed by atoms with Crippen molar-refractivity contribution in [2.75, 3.05) is 0 Å². The molecule has 1 saturated heterocycles. The maximum Gasteiger partial charge on any atom is 0.312 e. The predicted molar refractivity (Wildman–Crippen MR) is 48.0 cm³/mol. The van der Waals surface area contributed by atoms with Crippen LogP contribution in [0, 0.1) is 0 Å². The maximum atomic E-state index is 11.1. The summed E-state index contributed by atoms with van der Waals surface area (Å²) in [6.45, 7) is 3.73. The molecule has 5 nitrogen and oxygen atoms in total. The summed E-state index contributed by atoms with van der Waals surface area (Å²) < 4.78 is 0. The van der Waals surface area contributed by atoms with E-state index < -0.39 is 11.6 Å². The van der Waals surface area contributed by atoms with Crippen LogP contribution >= 0.6 is 0 Å². The van der Waals surface area contributed by atoms with Crippen molar-refractivity contribution in [3.05, 3.63) is 0 Å². The number of hydrogen-bond acceptors (Lipinski definition) is 2. The van der Waals surface area contributed by atoms with Crippen molar-refractivity contribution in [1.82, 2.24) is 10.6 Å². The highest BCUT2D eigenvalue weighted by Crippen LogP contribution is 2.19. The van der Waals surface area contributed by atoms with Crippen LogP contribution in [0.15, 0.2) is 0 Å². The first-order valence-electron chi connectivity index (χ1n) is 4.29. The fraction of sp³-hybridized carbons (Fsp3) is 0.750. The van der Waals surface area contributed by atoms with Gasteiger partial charge in [-0.15, -0.1) is 0 Å². The first-order valence-corrected chi connectivity index (χ1v) is 4.29. The van der Waals surface area contributed by atoms with E-state index >= 15 is 0 Å². The highest BCUT2D eigenvalue weighted by atomic mass is 16.2. The molecule has 4 N–H and O–H groups in total. The lowest BCUT2D eigenvalue weighted by atomic mass is 9.87. The quantitative estimate of drug-likeness (QED) is 0.524. The minimum atomic E-state index is -0.547. The Morgan fingerprint density at radius 1 is 1.69 bits per heavy atom. The zero-order valence-corrected chi connectivity index (χ0v) is 7.89. The third-order valence-corrected chi connectivity index (χ3v) is 2.31. The second-order valence-electron chi connectivity index (χ2n) is 3.87. The standard InChI is InChI=1S/C8H15N3O2/c1-8(2)5(10-7(9)13)3-4-6(12)11-8/h5H,3-4H2,1-2H3,(H,11,12)(H3,9,10,13). The van der Waals surface area contributed by atoms with Gasteiger partial charge < -0.3 is 16.4 Å². The summed E-state index contributed by atoms with van der Waals surface area (Å²) in [5.74, 6) is 0.0209. The second kappa shape index (κ2) is 3.24. The Bertz CT molecular complexity index is 238. The lowest BCUT2D eigenvalue weighted by Gasteiger charge is -2.39. The van der Waals surface area contributed by atoms with Gasteiger partial charge in [-0.2, -0.15) is 0 Å². The molecule has 1 unspecified atom stereocenters. The third-order valence-electron chi connectivity index (χ3n) is 2.31. The number of rotatable bonds is 1. The number of primary amides is 1. The molecule has 0 aliphatic carbocycles. The van der Waals surface area contributed by atoms with Gasteiger partial charge in [-0.3, -0.25) is 4.79 Å². The van der Waals surface area contributed by atoms with Crippen LogP contribution in [0.4, 0.5) is 4.79 Å². The minimum Gasteiger partial charge on any atom is -0.352 e. The summed E-state index contributed by atoms with van der Waals surface area (Å²) in [5.41, 5.74) is 4.60. The molecule has 0 aromatic heterocycles. The molecule has 0 aromatic rings. The van der Waals surface area contributed by atoms with E-state index in [2.05, 4.69) is 10.6 Å². The van der Waals surface area contributed by atoms with Crippen LogP contribution in [-0.4, -0.2) is 23.5 Å². The predicted octanol–water partition coefficient (Wildman–Crippen LogP) is -0.288. The number of carbonyl (C=O) groups excluding carboxylic acids is 2. The van der Waals surface area contributed by atoms with E-state index in [4.69, 9.17) is 5.73 Å². The molecule has 1 fully saturated rings. The monoisotopic (exact) mass is 185 g/mol. The summed E-state index contributed by atoms with van der Waals surface area (Å²) >= 11 is 0. The van der Waals surface area contributed by atoms with Crippen LogP contribution < -0.4 is 16.4 Å². The molecule has 1 aliphatic heterocycles. The van der Waals surface area contributed by atoms with E-state index in [-0.39, 0.29) is 11.9 Å². The number of piperidine rings is 1. The van der Waals surface area contributed by atoms with E-state index in [9.17, 15) is 9.59 Å². The van der Waals surface area contributed by atoms with Crippen LogP contribution in [0.5, 0.6) is 0 Å². The zero-order valence-electron chi connectivity index (χ0n) is 7.89. The van der Waals surface area contributed by atoms with Gasteiger partial charge >= 0.3 is 6.03 Å². The normalized spacial score (nSPS) is 26.3. The van der Waals surface area contributed by atoms with Gasteiger partial charge in [0.05, 0.1) is 11.6 Å². The molecule has 0 radical (unpaired) electrons. The molecule has 1 rings (SSSR count). The maximum absolute atomic E-state index is 11.1. The fourth-order valence-electron chi connectivity index (χ4n) is 1.57.